The van der Waals surface area contributed by atoms with Crippen molar-refractivity contribution in [3.63, 3.8) is 0 Å². The van der Waals surface area contributed by atoms with Crippen molar-refractivity contribution in [1.82, 2.24) is 14.8 Å². The minimum absolute atomic E-state index is 0.0618. The van der Waals surface area contributed by atoms with E-state index in [9.17, 15) is 9.59 Å². The van der Waals surface area contributed by atoms with Crippen LogP contribution >= 0.6 is 11.3 Å². The fraction of sp³-hybridized carbons (Fsp3) is 0.421. The van der Waals surface area contributed by atoms with E-state index in [0.717, 1.165) is 29.8 Å². The summed E-state index contributed by atoms with van der Waals surface area (Å²) in [5, 5.41) is 4.94. The first-order valence-electron chi connectivity index (χ1n) is 8.90. The van der Waals surface area contributed by atoms with Gasteiger partial charge < -0.3 is 15.1 Å². The molecule has 2 atom stereocenters. The summed E-state index contributed by atoms with van der Waals surface area (Å²) in [5.74, 6) is 0.0380. The number of carbonyl (C=O) groups is 2. The fourth-order valence-corrected chi connectivity index (χ4v) is 4.29. The molecule has 2 unspecified atom stereocenters. The third-order valence-electron chi connectivity index (χ3n) is 5.20. The Hall–Kier alpha value is -2.41. The van der Waals surface area contributed by atoms with Gasteiger partial charge in [-0.05, 0) is 31.9 Å². The zero-order valence-corrected chi connectivity index (χ0v) is 15.5. The van der Waals surface area contributed by atoms with Gasteiger partial charge in [-0.3, -0.25) is 4.79 Å². The number of rotatable bonds is 3. The number of aromatic nitrogens is 1. The van der Waals surface area contributed by atoms with Crippen molar-refractivity contribution in [2.45, 2.75) is 32.4 Å². The van der Waals surface area contributed by atoms with E-state index in [4.69, 9.17) is 0 Å². The summed E-state index contributed by atoms with van der Waals surface area (Å²) in [4.78, 5) is 33.6. The van der Waals surface area contributed by atoms with Crippen LogP contribution in [-0.4, -0.2) is 45.9 Å². The summed E-state index contributed by atoms with van der Waals surface area (Å²) in [6.07, 6.45) is 1.79. The molecule has 6 nitrogen and oxygen atoms in total. The number of piperidine rings is 1. The molecule has 2 bridgehead atoms. The van der Waals surface area contributed by atoms with Gasteiger partial charge in [-0.1, -0.05) is 17.7 Å². The van der Waals surface area contributed by atoms with Crippen LogP contribution in [0.2, 0.25) is 0 Å². The fourth-order valence-electron chi connectivity index (χ4n) is 3.74. The monoisotopic (exact) mass is 370 g/mol. The second kappa shape index (κ2) is 7.07. The minimum atomic E-state index is -0.130. The maximum atomic E-state index is 12.8. The number of aryl methyl sites for hydroxylation is 1. The highest BCUT2D eigenvalue weighted by atomic mass is 32.1. The third kappa shape index (κ3) is 3.44. The van der Waals surface area contributed by atoms with Crippen molar-refractivity contribution in [1.29, 1.82) is 0 Å². The largest absolute Gasteiger partial charge is 0.332 e. The second-order valence-corrected chi connectivity index (χ2v) is 7.79. The van der Waals surface area contributed by atoms with Gasteiger partial charge in [0, 0.05) is 30.2 Å². The Kier molecular flexibility index (Phi) is 4.63. The standard InChI is InChI=1S/C19H22N4O2S/c1-13-2-5-15(6-3-13)21-19(25)22-8-14-4-7-17(10-22)23(18(14)24)9-16-11-26-12-20-16/h2-3,5-6,11-12,14,17H,4,7-10H2,1H3,(H,21,25). The Morgan fingerprint density at radius 3 is 2.81 bits per heavy atom. The van der Waals surface area contributed by atoms with E-state index in [-0.39, 0.29) is 23.9 Å². The quantitative estimate of drug-likeness (QED) is 0.903. The molecule has 26 heavy (non-hydrogen) atoms. The van der Waals surface area contributed by atoms with E-state index >= 15 is 0 Å². The molecule has 0 aliphatic carbocycles. The van der Waals surface area contributed by atoms with Crippen LogP contribution in [0.3, 0.4) is 0 Å². The zero-order valence-electron chi connectivity index (χ0n) is 14.7. The lowest BCUT2D eigenvalue weighted by Crippen LogP contribution is -2.47. The number of hydrogen-bond acceptors (Lipinski definition) is 4. The number of urea groups is 1. The maximum absolute atomic E-state index is 12.8. The summed E-state index contributed by atoms with van der Waals surface area (Å²) in [6, 6.07) is 7.68. The van der Waals surface area contributed by atoms with Crippen LogP contribution in [0.4, 0.5) is 10.5 Å². The summed E-state index contributed by atoms with van der Waals surface area (Å²) in [6.45, 7) is 3.61. The van der Waals surface area contributed by atoms with E-state index < -0.39 is 0 Å². The van der Waals surface area contributed by atoms with E-state index in [1.54, 1.807) is 10.4 Å². The van der Waals surface area contributed by atoms with Crippen LogP contribution in [0.15, 0.2) is 35.2 Å². The molecule has 0 saturated carbocycles. The van der Waals surface area contributed by atoms with Gasteiger partial charge in [0.1, 0.15) is 0 Å². The Morgan fingerprint density at radius 1 is 1.27 bits per heavy atom. The smallest absolute Gasteiger partial charge is 0.321 e. The van der Waals surface area contributed by atoms with E-state index in [2.05, 4.69) is 10.3 Å². The Balaban J connectivity index is 1.47. The normalized spacial score (nSPS) is 22.4. The molecule has 136 valence electrons. The van der Waals surface area contributed by atoms with Gasteiger partial charge in [0.25, 0.3) is 0 Å². The molecule has 1 aromatic heterocycles. The van der Waals surface area contributed by atoms with Crippen molar-refractivity contribution in [2.24, 2.45) is 5.92 Å². The molecule has 3 fully saturated rings. The molecule has 3 saturated heterocycles. The first-order valence-corrected chi connectivity index (χ1v) is 9.84. The molecule has 3 aliphatic heterocycles. The first-order chi connectivity index (χ1) is 12.6. The van der Waals surface area contributed by atoms with Gasteiger partial charge in [-0.25, -0.2) is 9.78 Å². The molecule has 3 amide bonds. The average Bonchev–Trinajstić information content (AvgIpc) is 2.99. The van der Waals surface area contributed by atoms with Crippen LogP contribution in [-0.2, 0) is 11.3 Å². The minimum Gasteiger partial charge on any atom is -0.332 e. The number of carbonyl (C=O) groups excluding carboxylic acids is 2. The van der Waals surface area contributed by atoms with E-state index in [0.29, 0.717) is 19.6 Å². The lowest BCUT2D eigenvalue weighted by Gasteiger charge is -2.35. The van der Waals surface area contributed by atoms with Crippen molar-refractivity contribution >= 4 is 29.0 Å². The average molecular weight is 370 g/mol. The molecule has 7 heteroatoms. The van der Waals surface area contributed by atoms with Crippen molar-refractivity contribution < 1.29 is 9.59 Å². The zero-order chi connectivity index (χ0) is 18.1. The second-order valence-electron chi connectivity index (χ2n) is 7.08. The number of amides is 3. The Morgan fingerprint density at radius 2 is 2.08 bits per heavy atom. The SMILES string of the molecule is Cc1ccc(NC(=O)N2CC3CCC(C2)N(Cc2cscn2)C3=O)cc1. The molecule has 1 aromatic carbocycles. The van der Waals surface area contributed by atoms with Crippen molar-refractivity contribution in [2.75, 3.05) is 18.4 Å². The summed E-state index contributed by atoms with van der Waals surface area (Å²) in [7, 11) is 0. The number of thiazole rings is 1. The number of nitrogens with zero attached hydrogens (tertiary/aromatic N) is 3. The predicted molar refractivity (Wildman–Crippen MR) is 101 cm³/mol. The van der Waals surface area contributed by atoms with Gasteiger partial charge in [0.15, 0.2) is 0 Å². The van der Waals surface area contributed by atoms with Gasteiger partial charge in [0.2, 0.25) is 5.91 Å². The van der Waals surface area contributed by atoms with Crippen molar-refractivity contribution in [3.05, 3.63) is 46.4 Å². The van der Waals surface area contributed by atoms with Gasteiger partial charge in [-0.2, -0.15) is 0 Å². The van der Waals surface area contributed by atoms with Gasteiger partial charge >= 0.3 is 6.03 Å². The molecule has 0 spiro atoms. The maximum Gasteiger partial charge on any atom is 0.321 e. The molecule has 1 N–H and O–H groups in total. The molecular formula is C19H22N4O2S. The highest BCUT2D eigenvalue weighted by molar-refractivity contribution is 7.07. The van der Waals surface area contributed by atoms with Crippen LogP contribution in [0, 0.1) is 12.8 Å². The van der Waals surface area contributed by atoms with Crippen LogP contribution < -0.4 is 5.32 Å². The molecule has 2 aromatic rings. The first kappa shape index (κ1) is 17.0. The molecule has 3 aliphatic rings. The number of hydrogen-bond donors (Lipinski definition) is 1. The van der Waals surface area contributed by atoms with E-state index in [1.165, 1.54) is 11.3 Å². The molecule has 0 radical (unpaired) electrons. The third-order valence-corrected chi connectivity index (χ3v) is 5.83. The Bertz CT molecular complexity index is 790. The number of benzene rings is 1. The number of nitrogens with one attached hydrogen (secondary N) is 1. The summed E-state index contributed by atoms with van der Waals surface area (Å²) in [5.41, 5.74) is 4.64. The molecule has 4 heterocycles. The van der Waals surface area contributed by atoms with Crippen molar-refractivity contribution in [3.8, 4) is 0 Å². The predicted octanol–water partition coefficient (Wildman–Crippen LogP) is 3.11. The number of anilines is 1. The lowest BCUT2D eigenvalue weighted by atomic mass is 9.94. The van der Waals surface area contributed by atoms with Gasteiger partial charge in [0.05, 0.1) is 23.7 Å². The lowest BCUT2D eigenvalue weighted by molar-refractivity contribution is -0.140. The van der Waals surface area contributed by atoms with Crippen LogP contribution in [0.25, 0.3) is 0 Å². The van der Waals surface area contributed by atoms with Crippen LogP contribution in [0.5, 0.6) is 0 Å². The molecular weight excluding hydrogens is 348 g/mol. The summed E-state index contributed by atoms with van der Waals surface area (Å²) < 4.78 is 0. The van der Waals surface area contributed by atoms with Crippen LogP contribution in [0.1, 0.15) is 24.1 Å². The molecule has 5 rings (SSSR count). The summed E-state index contributed by atoms with van der Waals surface area (Å²) >= 11 is 1.54. The topological polar surface area (TPSA) is 65.5 Å². The number of fused-ring (bicyclic) bond motifs is 4. The highest BCUT2D eigenvalue weighted by Crippen LogP contribution is 2.30. The highest BCUT2D eigenvalue weighted by Gasteiger charge is 2.42. The van der Waals surface area contributed by atoms with E-state index in [1.807, 2.05) is 41.5 Å². The van der Waals surface area contributed by atoms with Gasteiger partial charge in [-0.15, -0.1) is 11.3 Å². The Labute approximate surface area is 156 Å².